The van der Waals surface area contributed by atoms with Crippen LogP contribution >= 0.6 is 11.6 Å². The number of nitrogens with zero attached hydrogens (tertiary/aromatic N) is 5. The lowest BCUT2D eigenvalue weighted by atomic mass is 10.0. The van der Waals surface area contributed by atoms with E-state index in [0.29, 0.717) is 0 Å². The zero-order chi connectivity index (χ0) is 27.1. The number of hydrogen-bond donors (Lipinski definition) is 2. The fourth-order valence-corrected chi connectivity index (χ4v) is 4.19. The van der Waals surface area contributed by atoms with Crippen LogP contribution in [0.25, 0.3) is 11.0 Å². The molecule has 0 unspecified atom stereocenters. The summed E-state index contributed by atoms with van der Waals surface area (Å²) in [6.45, 7) is 1.24. The Bertz CT molecular complexity index is 1420. The Hall–Kier alpha value is -3.79. The van der Waals surface area contributed by atoms with Gasteiger partial charge in [0, 0.05) is 31.5 Å². The van der Waals surface area contributed by atoms with Gasteiger partial charge in [0.05, 0.1) is 28.3 Å². The van der Waals surface area contributed by atoms with E-state index in [4.69, 9.17) is 11.6 Å². The first kappa shape index (κ1) is 26.3. The van der Waals surface area contributed by atoms with E-state index in [1.54, 1.807) is 6.07 Å². The normalized spacial score (nSPS) is 16.3. The minimum absolute atomic E-state index is 0.00173. The Kier molecular flexibility index (Phi) is 6.81. The molecule has 4 rings (SSSR count). The standard InChI is InChI=1S/C23H18ClF5N6O2/c1-11(31-14-2-3-17(24)33-19(14)21(36)37)13-8-12(23(27,28)29)9-15-18(13)34-20(16(10-30)32-15)35-6-4-22(25,26)5-7-35/h2-3,8-9,11,31H,4-7H2,1H3,(H,36,37)/t11-/m1/s1. The van der Waals surface area contributed by atoms with Crippen molar-refractivity contribution in [2.75, 3.05) is 23.3 Å². The molecule has 37 heavy (non-hydrogen) atoms. The lowest BCUT2D eigenvalue weighted by Gasteiger charge is -2.33. The average Bonchev–Trinajstić information content (AvgIpc) is 2.82. The molecule has 8 nitrogen and oxygen atoms in total. The summed E-state index contributed by atoms with van der Waals surface area (Å²) in [5, 5.41) is 21.8. The van der Waals surface area contributed by atoms with E-state index in [0.717, 1.165) is 12.1 Å². The molecule has 1 atom stereocenters. The summed E-state index contributed by atoms with van der Waals surface area (Å²) in [7, 11) is 0. The highest BCUT2D eigenvalue weighted by Crippen LogP contribution is 2.37. The molecule has 3 heterocycles. The molecule has 14 heteroatoms. The van der Waals surface area contributed by atoms with Crippen molar-refractivity contribution >= 4 is 40.1 Å². The largest absolute Gasteiger partial charge is 0.476 e. The van der Waals surface area contributed by atoms with Gasteiger partial charge in [-0.25, -0.2) is 28.5 Å². The van der Waals surface area contributed by atoms with Crippen LogP contribution < -0.4 is 10.2 Å². The number of pyridine rings is 1. The van der Waals surface area contributed by atoms with E-state index in [-0.39, 0.29) is 52.0 Å². The molecule has 2 aromatic heterocycles. The van der Waals surface area contributed by atoms with E-state index in [9.17, 15) is 37.1 Å². The number of alkyl halides is 5. The highest BCUT2D eigenvalue weighted by molar-refractivity contribution is 6.29. The summed E-state index contributed by atoms with van der Waals surface area (Å²) in [6, 6.07) is 5.08. The summed E-state index contributed by atoms with van der Waals surface area (Å²) >= 11 is 5.78. The van der Waals surface area contributed by atoms with Gasteiger partial charge in [-0.3, -0.25) is 0 Å². The zero-order valence-corrected chi connectivity index (χ0v) is 19.8. The fourth-order valence-electron chi connectivity index (χ4n) is 4.04. The van der Waals surface area contributed by atoms with Gasteiger partial charge in [0.1, 0.15) is 11.2 Å². The molecular weight excluding hydrogens is 523 g/mol. The molecule has 0 bridgehead atoms. The molecule has 1 saturated heterocycles. The number of hydrogen-bond acceptors (Lipinski definition) is 7. The summed E-state index contributed by atoms with van der Waals surface area (Å²) in [5.74, 6) is -4.29. The van der Waals surface area contributed by atoms with Crippen LogP contribution in [0.2, 0.25) is 5.15 Å². The van der Waals surface area contributed by atoms with Crippen molar-refractivity contribution < 1.29 is 31.9 Å². The van der Waals surface area contributed by atoms with Crippen molar-refractivity contribution in [3.05, 3.63) is 51.9 Å². The first-order valence-corrected chi connectivity index (χ1v) is 11.3. The summed E-state index contributed by atoms with van der Waals surface area (Å²) < 4.78 is 68.5. The van der Waals surface area contributed by atoms with Crippen LogP contribution in [0.1, 0.15) is 53.1 Å². The number of anilines is 2. The maximum absolute atomic E-state index is 13.7. The van der Waals surface area contributed by atoms with Crippen LogP contribution in [-0.2, 0) is 6.18 Å². The number of carbonyl (C=O) groups is 1. The number of fused-ring (bicyclic) bond motifs is 1. The Morgan fingerprint density at radius 3 is 2.49 bits per heavy atom. The van der Waals surface area contributed by atoms with E-state index in [2.05, 4.69) is 20.3 Å². The quantitative estimate of drug-likeness (QED) is 0.314. The van der Waals surface area contributed by atoms with Crippen LogP contribution in [0.15, 0.2) is 24.3 Å². The number of halogens is 6. The smallest absolute Gasteiger partial charge is 0.416 e. The first-order valence-electron chi connectivity index (χ1n) is 10.9. The first-order chi connectivity index (χ1) is 17.3. The van der Waals surface area contributed by atoms with E-state index in [1.165, 1.54) is 24.0 Å². The van der Waals surface area contributed by atoms with Crippen LogP contribution in [0.5, 0.6) is 0 Å². The number of carboxylic acids is 1. The van der Waals surface area contributed by atoms with Crippen molar-refractivity contribution in [3.8, 4) is 6.07 Å². The van der Waals surface area contributed by atoms with Gasteiger partial charge >= 0.3 is 12.1 Å². The van der Waals surface area contributed by atoms with Crippen LogP contribution in [-0.4, -0.2) is 45.0 Å². The Labute approximate surface area is 211 Å². The third-order valence-corrected chi connectivity index (χ3v) is 6.12. The third-order valence-electron chi connectivity index (χ3n) is 5.91. The highest BCUT2D eigenvalue weighted by atomic mass is 35.5. The predicted molar refractivity (Wildman–Crippen MR) is 124 cm³/mol. The molecule has 194 valence electrons. The Balaban J connectivity index is 1.85. The molecule has 1 fully saturated rings. The summed E-state index contributed by atoms with van der Waals surface area (Å²) in [5.41, 5.74) is -2.03. The minimum atomic E-state index is -4.76. The summed E-state index contributed by atoms with van der Waals surface area (Å²) in [4.78, 5) is 25.3. The number of nitriles is 1. The third kappa shape index (κ3) is 5.48. The number of nitrogens with one attached hydrogen (secondary N) is 1. The molecular formula is C23H18ClF5N6O2. The number of carboxylic acid groups (broad SMARTS) is 1. The van der Waals surface area contributed by atoms with Crippen LogP contribution in [0, 0.1) is 11.3 Å². The Morgan fingerprint density at radius 1 is 1.22 bits per heavy atom. The van der Waals surface area contributed by atoms with Gasteiger partial charge in [0.25, 0.3) is 5.92 Å². The SMILES string of the molecule is C[C@@H](Nc1ccc(Cl)nc1C(=O)O)c1cc(C(F)(F)F)cc2nc(C#N)c(N3CCC(F)(F)CC3)nc12. The molecule has 2 N–H and O–H groups in total. The topological polar surface area (TPSA) is 115 Å². The van der Waals surface area contributed by atoms with Gasteiger partial charge in [-0.1, -0.05) is 11.6 Å². The van der Waals surface area contributed by atoms with E-state index in [1.807, 2.05) is 0 Å². The lowest BCUT2D eigenvalue weighted by molar-refractivity contribution is -0.137. The van der Waals surface area contributed by atoms with Gasteiger partial charge in [0.15, 0.2) is 17.2 Å². The van der Waals surface area contributed by atoms with E-state index >= 15 is 0 Å². The van der Waals surface area contributed by atoms with Gasteiger partial charge in [-0.15, -0.1) is 0 Å². The number of aromatic carboxylic acids is 1. The monoisotopic (exact) mass is 540 g/mol. The van der Waals surface area contributed by atoms with Gasteiger partial charge in [0.2, 0.25) is 0 Å². The van der Waals surface area contributed by atoms with E-state index < -0.39 is 48.2 Å². The second-order valence-corrected chi connectivity index (χ2v) is 8.87. The molecule has 1 aliphatic rings. The zero-order valence-electron chi connectivity index (χ0n) is 19.1. The highest BCUT2D eigenvalue weighted by Gasteiger charge is 2.36. The maximum Gasteiger partial charge on any atom is 0.416 e. The number of rotatable bonds is 5. The molecule has 0 aliphatic carbocycles. The molecule has 3 aromatic rings. The van der Waals surface area contributed by atoms with Crippen LogP contribution in [0.4, 0.5) is 33.5 Å². The predicted octanol–water partition coefficient (Wildman–Crippen LogP) is 5.68. The number of piperidine rings is 1. The lowest BCUT2D eigenvalue weighted by Crippen LogP contribution is -2.40. The van der Waals surface area contributed by atoms with Crippen molar-refractivity contribution in [2.45, 2.75) is 37.9 Å². The average molecular weight is 541 g/mol. The van der Waals surface area contributed by atoms with Gasteiger partial charge in [-0.05, 0) is 31.2 Å². The minimum Gasteiger partial charge on any atom is -0.476 e. The van der Waals surface area contributed by atoms with Gasteiger partial charge < -0.3 is 15.3 Å². The molecule has 0 saturated carbocycles. The molecule has 0 spiro atoms. The van der Waals surface area contributed by atoms with Crippen molar-refractivity contribution in [1.82, 2.24) is 15.0 Å². The molecule has 1 aliphatic heterocycles. The molecule has 0 radical (unpaired) electrons. The van der Waals surface area contributed by atoms with Crippen molar-refractivity contribution in [2.24, 2.45) is 0 Å². The summed E-state index contributed by atoms with van der Waals surface area (Å²) in [6.07, 6.45) is -5.71. The van der Waals surface area contributed by atoms with Crippen molar-refractivity contribution in [1.29, 1.82) is 5.26 Å². The van der Waals surface area contributed by atoms with Crippen LogP contribution in [0.3, 0.4) is 0 Å². The number of benzene rings is 1. The van der Waals surface area contributed by atoms with Gasteiger partial charge in [-0.2, -0.15) is 18.4 Å². The van der Waals surface area contributed by atoms with Crippen molar-refractivity contribution in [3.63, 3.8) is 0 Å². The second-order valence-electron chi connectivity index (χ2n) is 8.48. The molecule has 0 amide bonds. The molecule has 1 aromatic carbocycles. The fraction of sp³-hybridized carbons (Fsp3) is 0.348. The Morgan fingerprint density at radius 2 is 1.89 bits per heavy atom. The number of aromatic nitrogens is 3. The maximum atomic E-state index is 13.7. The second kappa shape index (κ2) is 9.59.